The molecule has 0 aromatic heterocycles. The SMILES string of the molecule is C[C@@H]1CN(S(=O)(=O)c2ccc(C(=O)O[C@@H](C)C(=O)Nc3ccc(N(C)C)cc3)cc2)C[C@@H](C)O1. The van der Waals surface area contributed by atoms with Gasteiger partial charge in [0.15, 0.2) is 6.10 Å². The van der Waals surface area contributed by atoms with E-state index in [1.807, 2.05) is 45.0 Å². The van der Waals surface area contributed by atoms with Gasteiger partial charge in [-0.2, -0.15) is 4.31 Å². The van der Waals surface area contributed by atoms with Gasteiger partial charge in [-0.15, -0.1) is 0 Å². The highest BCUT2D eigenvalue weighted by Gasteiger charge is 2.32. The molecule has 1 N–H and O–H groups in total. The van der Waals surface area contributed by atoms with Crippen LogP contribution in [0.1, 0.15) is 31.1 Å². The summed E-state index contributed by atoms with van der Waals surface area (Å²) in [5, 5.41) is 2.71. The minimum absolute atomic E-state index is 0.0808. The second kappa shape index (κ2) is 10.5. The van der Waals surface area contributed by atoms with Gasteiger partial charge in [0.05, 0.1) is 22.7 Å². The standard InChI is InChI=1S/C24H31N3O6S/c1-16-14-27(15-17(2)32-16)34(30,31)22-12-6-19(7-13-22)24(29)33-18(3)23(28)25-20-8-10-21(11-9-20)26(4)5/h6-13,16-18H,14-15H2,1-5H3,(H,25,28)/t16-,17-,18+/m1/s1. The first kappa shape index (κ1) is 25.7. The molecular formula is C24H31N3O6S. The second-order valence-corrected chi connectivity index (χ2v) is 10.5. The molecule has 1 fully saturated rings. The largest absolute Gasteiger partial charge is 0.449 e. The van der Waals surface area contributed by atoms with Crippen LogP contribution in [0.2, 0.25) is 0 Å². The summed E-state index contributed by atoms with van der Waals surface area (Å²) in [4.78, 5) is 26.9. The van der Waals surface area contributed by atoms with Crippen LogP contribution in [0.5, 0.6) is 0 Å². The third kappa shape index (κ3) is 6.13. The van der Waals surface area contributed by atoms with Gasteiger partial charge in [0.25, 0.3) is 5.91 Å². The summed E-state index contributed by atoms with van der Waals surface area (Å²) in [6.07, 6.45) is -1.45. The number of sulfonamides is 1. The Hall–Kier alpha value is -2.95. The number of benzene rings is 2. The summed E-state index contributed by atoms with van der Waals surface area (Å²) in [5.74, 6) is -1.19. The lowest BCUT2D eigenvalue weighted by molar-refractivity contribution is -0.123. The fourth-order valence-electron chi connectivity index (χ4n) is 3.61. The van der Waals surface area contributed by atoms with Gasteiger partial charge >= 0.3 is 5.97 Å². The van der Waals surface area contributed by atoms with Crippen LogP contribution in [-0.4, -0.2) is 70.1 Å². The van der Waals surface area contributed by atoms with E-state index in [2.05, 4.69) is 5.32 Å². The first-order chi connectivity index (χ1) is 16.0. The summed E-state index contributed by atoms with van der Waals surface area (Å²) in [6, 6.07) is 12.7. The van der Waals surface area contributed by atoms with E-state index in [1.165, 1.54) is 35.5 Å². The highest BCUT2D eigenvalue weighted by Crippen LogP contribution is 2.22. The molecule has 0 aliphatic carbocycles. The lowest BCUT2D eigenvalue weighted by Crippen LogP contribution is -2.48. The molecule has 0 spiro atoms. The molecule has 0 bridgehead atoms. The lowest BCUT2D eigenvalue weighted by atomic mass is 10.2. The third-order valence-corrected chi connectivity index (χ3v) is 7.26. The molecule has 0 radical (unpaired) electrons. The highest BCUT2D eigenvalue weighted by atomic mass is 32.2. The summed E-state index contributed by atoms with van der Waals surface area (Å²) >= 11 is 0. The van der Waals surface area contributed by atoms with Gasteiger partial charge in [0.2, 0.25) is 10.0 Å². The van der Waals surface area contributed by atoms with Crippen molar-refractivity contribution in [3.63, 3.8) is 0 Å². The number of rotatable bonds is 7. The van der Waals surface area contributed by atoms with Crippen LogP contribution in [0.15, 0.2) is 53.4 Å². The number of carbonyl (C=O) groups is 2. The van der Waals surface area contributed by atoms with E-state index in [0.717, 1.165) is 5.69 Å². The Morgan fingerprint density at radius 1 is 1.03 bits per heavy atom. The number of amides is 1. The van der Waals surface area contributed by atoms with E-state index in [4.69, 9.17) is 9.47 Å². The van der Waals surface area contributed by atoms with Gasteiger partial charge in [0, 0.05) is 38.6 Å². The Balaban J connectivity index is 1.61. The second-order valence-electron chi connectivity index (χ2n) is 8.58. The van der Waals surface area contributed by atoms with E-state index in [9.17, 15) is 18.0 Å². The number of hydrogen-bond acceptors (Lipinski definition) is 7. The number of nitrogens with one attached hydrogen (secondary N) is 1. The van der Waals surface area contributed by atoms with Crippen molar-refractivity contribution in [2.24, 2.45) is 0 Å². The fourth-order valence-corrected chi connectivity index (χ4v) is 5.20. The monoisotopic (exact) mass is 489 g/mol. The molecule has 0 saturated carbocycles. The maximum Gasteiger partial charge on any atom is 0.338 e. The van der Waals surface area contributed by atoms with E-state index in [0.29, 0.717) is 5.69 Å². The number of hydrogen-bond donors (Lipinski definition) is 1. The van der Waals surface area contributed by atoms with Crippen LogP contribution in [0.25, 0.3) is 0 Å². The zero-order valence-electron chi connectivity index (χ0n) is 20.0. The van der Waals surface area contributed by atoms with Crippen molar-refractivity contribution in [1.29, 1.82) is 0 Å². The van der Waals surface area contributed by atoms with Crippen LogP contribution in [0.3, 0.4) is 0 Å². The molecule has 1 heterocycles. The molecule has 9 nitrogen and oxygen atoms in total. The quantitative estimate of drug-likeness (QED) is 0.596. The maximum absolute atomic E-state index is 13.0. The van der Waals surface area contributed by atoms with Crippen LogP contribution in [0, 0.1) is 0 Å². The lowest BCUT2D eigenvalue weighted by Gasteiger charge is -2.34. The maximum atomic E-state index is 13.0. The summed E-state index contributed by atoms with van der Waals surface area (Å²) in [7, 11) is 0.119. The molecule has 2 aromatic carbocycles. The van der Waals surface area contributed by atoms with Crippen molar-refractivity contribution in [2.45, 2.75) is 44.0 Å². The zero-order chi connectivity index (χ0) is 25.0. The Morgan fingerprint density at radius 3 is 2.12 bits per heavy atom. The average Bonchev–Trinajstić information content (AvgIpc) is 2.78. The molecule has 184 valence electrons. The molecule has 3 atom stereocenters. The number of ether oxygens (including phenoxy) is 2. The molecule has 3 rings (SSSR count). The molecule has 1 aliphatic heterocycles. The van der Waals surface area contributed by atoms with Gasteiger partial charge in [-0.1, -0.05) is 0 Å². The minimum atomic E-state index is -3.72. The summed E-state index contributed by atoms with van der Waals surface area (Å²) in [5.41, 5.74) is 1.72. The first-order valence-corrected chi connectivity index (χ1v) is 12.5. The normalized spacial score (nSPS) is 19.8. The summed E-state index contributed by atoms with van der Waals surface area (Å²) in [6.45, 7) is 5.66. The highest BCUT2D eigenvalue weighted by molar-refractivity contribution is 7.89. The van der Waals surface area contributed by atoms with Gasteiger partial charge < -0.3 is 19.7 Å². The minimum Gasteiger partial charge on any atom is -0.449 e. The van der Waals surface area contributed by atoms with Crippen molar-refractivity contribution in [1.82, 2.24) is 4.31 Å². The van der Waals surface area contributed by atoms with Gasteiger partial charge in [-0.05, 0) is 69.3 Å². The number of morpholine rings is 1. The predicted octanol–water partition coefficient (Wildman–Crippen LogP) is 2.73. The first-order valence-electron chi connectivity index (χ1n) is 11.0. The van der Waals surface area contributed by atoms with Crippen LogP contribution < -0.4 is 10.2 Å². The van der Waals surface area contributed by atoms with Crippen LogP contribution >= 0.6 is 0 Å². The fraction of sp³-hybridized carbons (Fsp3) is 0.417. The predicted molar refractivity (Wildman–Crippen MR) is 129 cm³/mol. The van der Waals surface area contributed by atoms with E-state index in [-0.39, 0.29) is 35.8 Å². The van der Waals surface area contributed by atoms with Crippen molar-refractivity contribution >= 4 is 33.3 Å². The summed E-state index contributed by atoms with van der Waals surface area (Å²) < 4.78 is 38.2. The molecule has 0 unspecified atom stereocenters. The Labute approximate surface area is 200 Å². The van der Waals surface area contributed by atoms with E-state index in [1.54, 1.807) is 12.1 Å². The molecule has 10 heteroatoms. The van der Waals surface area contributed by atoms with Crippen molar-refractivity contribution < 1.29 is 27.5 Å². The number of anilines is 2. The van der Waals surface area contributed by atoms with Gasteiger partial charge in [0.1, 0.15) is 0 Å². The smallest absolute Gasteiger partial charge is 0.338 e. The Kier molecular flexibility index (Phi) is 7.96. The Bertz CT molecular complexity index is 1110. The zero-order valence-corrected chi connectivity index (χ0v) is 20.8. The molecule has 2 aromatic rings. The molecular weight excluding hydrogens is 458 g/mol. The van der Waals surface area contributed by atoms with Crippen molar-refractivity contribution in [3.05, 3.63) is 54.1 Å². The molecule has 1 amide bonds. The number of carbonyl (C=O) groups excluding carboxylic acids is 2. The van der Waals surface area contributed by atoms with Crippen molar-refractivity contribution in [2.75, 3.05) is 37.4 Å². The average molecular weight is 490 g/mol. The third-order valence-electron chi connectivity index (χ3n) is 5.42. The van der Waals surface area contributed by atoms with Crippen LogP contribution in [0.4, 0.5) is 11.4 Å². The van der Waals surface area contributed by atoms with E-state index < -0.39 is 28.0 Å². The number of esters is 1. The van der Waals surface area contributed by atoms with Gasteiger partial charge in [-0.3, -0.25) is 4.79 Å². The molecule has 34 heavy (non-hydrogen) atoms. The molecule has 1 saturated heterocycles. The van der Waals surface area contributed by atoms with E-state index >= 15 is 0 Å². The van der Waals surface area contributed by atoms with Gasteiger partial charge in [-0.25, -0.2) is 13.2 Å². The number of nitrogens with zero attached hydrogens (tertiary/aromatic N) is 2. The van der Waals surface area contributed by atoms with Crippen LogP contribution in [-0.2, 0) is 24.3 Å². The topological polar surface area (TPSA) is 105 Å². The molecule has 1 aliphatic rings. The van der Waals surface area contributed by atoms with Crippen molar-refractivity contribution in [3.8, 4) is 0 Å². The Morgan fingerprint density at radius 2 is 1.59 bits per heavy atom.